The van der Waals surface area contributed by atoms with E-state index in [1.165, 1.54) is 6.42 Å². The van der Waals surface area contributed by atoms with E-state index in [2.05, 4.69) is 5.32 Å². The Morgan fingerprint density at radius 1 is 1.56 bits per heavy atom. The maximum atomic E-state index is 12.0. The molecule has 16 heavy (non-hydrogen) atoms. The Bertz CT molecular complexity index is 213. The maximum Gasteiger partial charge on any atom is 0.223 e. The van der Waals surface area contributed by atoms with Crippen LogP contribution in [0.5, 0.6) is 0 Å². The van der Waals surface area contributed by atoms with Crippen LogP contribution in [0, 0.1) is 5.92 Å². The van der Waals surface area contributed by atoms with Crippen molar-refractivity contribution in [2.45, 2.75) is 39.2 Å². The van der Waals surface area contributed by atoms with Crippen LogP contribution in [0.2, 0.25) is 0 Å². The highest BCUT2D eigenvalue weighted by molar-refractivity contribution is 5.76. The minimum Gasteiger partial charge on any atom is -0.395 e. The third-order valence-electron chi connectivity index (χ3n) is 3.15. The number of nitrogens with one attached hydrogen (secondary N) is 1. The third-order valence-corrected chi connectivity index (χ3v) is 3.15. The van der Waals surface area contributed by atoms with E-state index in [4.69, 9.17) is 5.11 Å². The van der Waals surface area contributed by atoms with Gasteiger partial charge in [-0.05, 0) is 45.7 Å². The molecular weight excluding hydrogens is 204 g/mol. The van der Waals surface area contributed by atoms with Gasteiger partial charge < -0.3 is 15.3 Å². The lowest BCUT2D eigenvalue weighted by Crippen LogP contribution is -2.41. The van der Waals surface area contributed by atoms with E-state index in [9.17, 15) is 4.79 Å². The Morgan fingerprint density at radius 2 is 2.31 bits per heavy atom. The molecule has 0 spiro atoms. The molecule has 1 saturated heterocycles. The Kier molecular flexibility index (Phi) is 5.77. The van der Waals surface area contributed by atoms with E-state index in [1.54, 1.807) is 4.90 Å². The zero-order chi connectivity index (χ0) is 12.0. The first kappa shape index (κ1) is 13.5. The van der Waals surface area contributed by atoms with Crippen LogP contribution in [0.1, 0.15) is 33.1 Å². The van der Waals surface area contributed by atoms with Gasteiger partial charge in [-0.3, -0.25) is 4.79 Å². The van der Waals surface area contributed by atoms with Crippen molar-refractivity contribution in [1.29, 1.82) is 0 Å². The average molecular weight is 228 g/mol. The van der Waals surface area contributed by atoms with Crippen molar-refractivity contribution in [2.24, 2.45) is 5.92 Å². The summed E-state index contributed by atoms with van der Waals surface area (Å²) in [4.78, 5) is 13.8. The summed E-state index contributed by atoms with van der Waals surface area (Å²) in [5, 5.41) is 12.3. The van der Waals surface area contributed by atoms with Crippen LogP contribution in [0.4, 0.5) is 0 Å². The quantitative estimate of drug-likeness (QED) is 0.725. The van der Waals surface area contributed by atoms with Crippen LogP contribution in [0.25, 0.3) is 0 Å². The summed E-state index contributed by atoms with van der Waals surface area (Å²) in [5.41, 5.74) is 0. The molecule has 0 aromatic heterocycles. The van der Waals surface area contributed by atoms with E-state index in [0.717, 1.165) is 19.5 Å². The number of hydrogen-bond donors (Lipinski definition) is 2. The smallest absolute Gasteiger partial charge is 0.223 e. The fourth-order valence-corrected chi connectivity index (χ4v) is 2.24. The van der Waals surface area contributed by atoms with Gasteiger partial charge in [0.05, 0.1) is 6.61 Å². The monoisotopic (exact) mass is 228 g/mol. The molecule has 2 N–H and O–H groups in total. The molecule has 0 saturated carbocycles. The average Bonchev–Trinajstić information content (AvgIpc) is 2.26. The van der Waals surface area contributed by atoms with Crippen molar-refractivity contribution in [2.75, 3.05) is 26.2 Å². The van der Waals surface area contributed by atoms with Gasteiger partial charge in [0, 0.05) is 19.0 Å². The van der Waals surface area contributed by atoms with Crippen LogP contribution >= 0.6 is 0 Å². The van der Waals surface area contributed by atoms with Crippen LogP contribution < -0.4 is 5.32 Å². The first-order valence-corrected chi connectivity index (χ1v) is 6.26. The highest BCUT2D eigenvalue weighted by Gasteiger charge is 2.22. The Hall–Kier alpha value is -0.610. The molecule has 0 aromatic carbocycles. The van der Waals surface area contributed by atoms with Gasteiger partial charge in [-0.15, -0.1) is 0 Å². The predicted molar refractivity (Wildman–Crippen MR) is 64.1 cm³/mol. The summed E-state index contributed by atoms with van der Waals surface area (Å²) in [6.45, 7) is 6.52. The number of nitrogens with zero attached hydrogens (tertiary/aromatic N) is 1. The number of amides is 1. The van der Waals surface area contributed by atoms with Gasteiger partial charge in [-0.1, -0.05) is 0 Å². The number of piperidine rings is 1. The minimum atomic E-state index is 0.0484. The summed E-state index contributed by atoms with van der Waals surface area (Å²) in [7, 11) is 0. The standard InChI is InChI=1S/C12H24N2O2/c1-10(2)14(6-7-15)12(16)8-11-4-3-5-13-9-11/h10-11,13,15H,3-9H2,1-2H3. The van der Waals surface area contributed by atoms with Crippen molar-refractivity contribution in [3.63, 3.8) is 0 Å². The van der Waals surface area contributed by atoms with E-state index < -0.39 is 0 Å². The van der Waals surface area contributed by atoms with Gasteiger partial charge in [0.15, 0.2) is 0 Å². The van der Waals surface area contributed by atoms with Crippen LogP contribution in [0.3, 0.4) is 0 Å². The van der Waals surface area contributed by atoms with Crippen LogP contribution in [-0.2, 0) is 4.79 Å². The van der Waals surface area contributed by atoms with Crippen molar-refractivity contribution < 1.29 is 9.90 Å². The number of rotatable bonds is 5. The zero-order valence-corrected chi connectivity index (χ0v) is 10.4. The van der Waals surface area contributed by atoms with Crippen LogP contribution in [-0.4, -0.2) is 48.2 Å². The SMILES string of the molecule is CC(C)N(CCO)C(=O)CC1CCCNC1. The molecule has 94 valence electrons. The lowest BCUT2D eigenvalue weighted by atomic mass is 9.95. The van der Waals surface area contributed by atoms with Crippen molar-refractivity contribution >= 4 is 5.91 Å². The Labute approximate surface area is 98.0 Å². The van der Waals surface area contributed by atoms with Crippen molar-refractivity contribution in [1.82, 2.24) is 10.2 Å². The van der Waals surface area contributed by atoms with Gasteiger partial charge >= 0.3 is 0 Å². The van der Waals surface area contributed by atoms with Crippen LogP contribution in [0.15, 0.2) is 0 Å². The summed E-state index contributed by atoms with van der Waals surface area (Å²) < 4.78 is 0. The van der Waals surface area contributed by atoms with Crippen molar-refractivity contribution in [3.8, 4) is 0 Å². The molecule has 1 unspecified atom stereocenters. The van der Waals surface area contributed by atoms with Crippen molar-refractivity contribution in [3.05, 3.63) is 0 Å². The fourth-order valence-electron chi connectivity index (χ4n) is 2.24. The largest absolute Gasteiger partial charge is 0.395 e. The Balaban J connectivity index is 2.40. The Morgan fingerprint density at radius 3 is 2.81 bits per heavy atom. The number of hydrogen-bond acceptors (Lipinski definition) is 3. The van der Waals surface area contributed by atoms with Gasteiger partial charge in [-0.2, -0.15) is 0 Å². The molecule has 0 radical (unpaired) electrons. The molecule has 1 amide bonds. The first-order valence-electron chi connectivity index (χ1n) is 6.26. The fraction of sp³-hybridized carbons (Fsp3) is 0.917. The summed E-state index contributed by atoms with van der Waals surface area (Å²) in [5.74, 6) is 0.652. The molecule has 0 aromatic rings. The maximum absolute atomic E-state index is 12.0. The normalized spacial score (nSPS) is 21.1. The summed E-state index contributed by atoms with van der Waals surface area (Å²) in [6.07, 6.45) is 2.93. The molecule has 0 bridgehead atoms. The molecule has 1 heterocycles. The van der Waals surface area contributed by atoms with Gasteiger partial charge in [0.2, 0.25) is 5.91 Å². The highest BCUT2D eigenvalue weighted by Crippen LogP contribution is 2.16. The second-order valence-electron chi connectivity index (χ2n) is 4.82. The van der Waals surface area contributed by atoms with E-state index >= 15 is 0 Å². The molecule has 1 aliphatic rings. The number of carbonyl (C=O) groups is 1. The molecule has 4 heteroatoms. The lowest BCUT2D eigenvalue weighted by Gasteiger charge is -2.29. The predicted octanol–water partition coefficient (Wildman–Crippen LogP) is 0.605. The summed E-state index contributed by atoms with van der Waals surface area (Å²) in [6, 6.07) is 0.177. The number of aliphatic hydroxyl groups excluding tert-OH is 1. The first-order chi connectivity index (χ1) is 7.65. The molecule has 1 atom stereocenters. The van der Waals surface area contributed by atoms with E-state index in [1.807, 2.05) is 13.8 Å². The van der Waals surface area contributed by atoms with Gasteiger partial charge in [0.1, 0.15) is 0 Å². The zero-order valence-electron chi connectivity index (χ0n) is 10.4. The van der Waals surface area contributed by atoms with Gasteiger partial charge in [-0.25, -0.2) is 0 Å². The van der Waals surface area contributed by atoms with Gasteiger partial charge in [0.25, 0.3) is 0 Å². The minimum absolute atomic E-state index is 0.0484. The summed E-state index contributed by atoms with van der Waals surface area (Å²) >= 11 is 0. The topological polar surface area (TPSA) is 52.6 Å². The lowest BCUT2D eigenvalue weighted by molar-refractivity contribution is -0.134. The molecule has 1 rings (SSSR count). The number of aliphatic hydroxyl groups is 1. The van der Waals surface area contributed by atoms with E-state index in [0.29, 0.717) is 18.9 Å². The third kappa shape index (κ3) is 4.10. The van der Waals surface area contributed by atoms with E-state index in [-0.39, 0.29) is 18.6 Å². The second-order valence-corrected chi connectivity index (χ2v) is 4.82. The molecule has 0 aliphatic carbocycles. The molecular formula is C12H24N2O2. The molecule has 1 aliphatic heterocycles. The molecule has 4 nitrogen and oxygen atoms in total. The second kappa shape index (κ2) is 6.86. The highest BCUT2D eigenvalue weighted by atomic mass is 16.3. The molecule has 1 fully saturated rings. The number of carbonyl (C=O) groups excluding carboxylic acids is 1.